The molecule has 0 saturated carbocycles. The van der Waals surface area contributed by atoms with Gasteiger partial charge in [-0.05, 0) is 19.3 Å². The molecule has 7 heteroatoms. The van der Waals surface area contributed by atoms with Crippen LogP contribution in [0.5, 0.6) is 0 Å². The summed E-state index contributed by atoms with van der Waals surface area (Å²) in [6, 6.07) is 1.15. The minimum absolute atomic E-state index is 0.0365. The highest BCUT2D eigenvalue weighted by Gasteiger charge is 2.21. The summed E-state index contributed by atoms with van der Waals surface area (Å²) in [7, 11) is 1.35. The van der Waals surface area contributed by atoms with Crippen molar-refractivity contribution in [1.82, 2.24) is 5.32 Å². The lowest BCUT2D eigenvalue weighted by Crippen LogP contribution is -2.24. The van der Waals surface area contributed by atoms with E-state index in [9.17, 15) is 13.2 Å². The molecule has 0 bridgehead atoms. The SMILES string of the molecule is Cc1oc(C(=O)NCCCCC(C)C)cc1S(=O)(=O)Cl. The number of aryl methyl sites for hydroxylation is 1. The van der Waals surface area contributed by atoms with Crippen molar-refractivity contribution in [3.63, 3.8) is 0 Å². The number of rotatable bonds is 7. The molecular weight excluding hydrogens is 302 g/mol. The number of furan rings is 1. The van der Waals surface area contributed by atoms with Gasteiger partial charge in [0.1, 0.15) is 10.7 Å². The first-order valence-electron chi connectivity index (χ1n) is 6.55. The molecule has 5 nitrogen and oxygen atoms in total. The Hall–Kier alpha value is -1.01. The number of unbranched alkanes of at least 4 members (excludes halogenated alkanes) is 1. The van der Waals surface area contributed by atoms with Crippen LogP contribution in [0.4, 0.5) is 0 Å². The highest BCUT2D eigenvalue weighted by atomic mass is 35.7. The fraction of sp³-hybridized carbons (Fsp3) is 0.615. The highest BCUT2D eigenvalue weighted by molar-refractivity contribution is 8.13. The Kier molecular flexibility index (Phi) is 6.07. The molecule has 0 spiro atoms. The molecular formula is C13H20ClNO4S. The molecule has 0 saturated heterocycles. The standard InChI is InChI=1S/C13H20ClNO4S/c1-9(2)6-4-5-7-15-13(16)11-8-12(10(3)19-11)20(14,17)18/h8-9H,4-7H2,1-3H3,(H,15,16). The van der Waals surface area contributed by atoms with Gasteiger partial charge in [-0.2, -0.15) is 0 Å². The second-order valence-corrected chi connectivity index (χ2v) is 7.65. The van der Waals surface area contributed by atoms with Crippen LogP contribution in [0.1, 0.15) is 49.4 Å². The number of halogens is 1. The van der Waals surface area contributed by atoms with E-state index in [1.807, 2.05) is 0 Å². The summed E-state index contributed by atoms with van der Waals surface area (Å²) in [5.74, 6) is 0.301. The van der Waals surface area contributed by atoms with Crippen LogP contribution in [-0.2, 0) is 9.05 Å². The third-order valence-corrected chi connectivity index (χ3v) is 4.28. The van der Waals surface area contributed by atoms with Gasteiger partial charge in [-0.3, -0.25) is 4.79 Å². The predicted molar refractivity (Wildman–Crippen MR) is 77.5 cm³/mol. The van der Waals surface area contributed by atoms with Gasteiger partial charge in [-0.15, -0.1) is 0 Å². The van der Waals surface area contributed by atoms with Crippen LogP contribution in [0.25, 0.3) is 0 Å². The average molecular weight is 322 g/mol. The Morgan fingerprint density at radius 1 is 1.40 bits per heavy atom. The van der Waals surface area contributed by atoms with Crippen LogP contribution in [-0.4, -0.2) is 20.9 Å². The number of carbonyl (C=O) groups excluding carboxylic acids is 1. The third kappa shape index (κ3) is 5.17. The summed E-state index contributed by atoms with van der Waals surface area (Å²) in [6.07, 6.45) is 3.03. The number of carbonyl (C=O) groups is 1. The second kappa shape index (κ2) is 7.13. The van der Waals surface area contributed by atoms with Crippen molar-refractivity contribution >= 4 is 25.6 Å². The number of hydrogen-bond acceptors (Lipinski definition) is 4. The first-order chi connectivity index (χ1) is 9.21. The quantitative estimate of drug-likeness (QED) is 0.618. The minimum atomic E-state index is -3.89. The van der Waals surface area contributed by atoms with Crippen molar-refractivity contribution in [2.24, 2.45) is 5.92 Å². The van der Waals surface area contributed by atoms with Crippen LogP contribution in [0.3, 0.4) is 0 Å². The van der Waals surface area contributed by atoms with Gasteiger partial charge < -0.3 is 9.73 Å². The Balaban J connectivity index is 2.53. The third-order valence-electron chi connectivity index (χ3n) is 2.85. The lowest BCUT2D eigenvalue weighted by atomic mass is 10.1. The molecule has 0 aromatic carbocycles. The lowest BCUT2D eigenvalue weighted by Gasteiger charge is -2.05. The van der Waals surface area contributed by atoms with Crippen molar-refractivity contribution in [2.45, 2.75) is 44.9 Å². The molecule has 0 aliphatic carbocycles. The monoisotopic (exact) mass is 321 g/mol. The molecule has 114 valence electrons. The molecule has 1 aromatic rings. The Morgan fingerprint density at radius 2 is 2.05 bits per heavy atom. The van der Waals surface area contributed by atoms with E-state index in [0.717, 1.165) is 25.3 Å². The lowest BCUT2D eigenvalue weighted by molar-refractivity contribution is 0.0924. The number of amides is 1. The summed E-state index contributed by atoms with van der Waals surface area (Å²) in [5, 5.41) is 2.69. The fourth-order valence-corrected chi connectivity index (χ4v) is 2.88. The van der Waals surface area contributed by atoms with E-state index in [4.69, 9.17) is 15.1 Å². The maximum atomic E-state index is 11.8. The molecule has 0 unspecified atom stereocenters. The van der Waals surface area contributed by atoms with Gasteiger partial charge in [0, 0.05) is 23.3 Å². The zero-order valence-corrected chi connectivity index (χ0v) is 13.5. The topological polar surface area (TPSA) is 76.4 Å². The predicted octanol–water partition coefficient (Wildman–Crippen LogP) is 3.07. The molecule has 0 radical (unpaired) electrons. The summed E-state index contributed by atoms with van der Waals surface area (Å²) in [4.78, 5) is 11.6. The van der Waals surface area contributed by atoms with Gasteiger partial charge in [0.25, 0.3) is 15.0 Å². The van der Waals surface area contributed by atoms with E-state index in [1.54, 1.807) is 0 Å². The maximum Gasteiger partial charge on any atom is 0.287 e. The van der Waals surface area contributed by atoms with Crippen molar-refractivity contribution in [3.05, 3.63) is 17.6 Å². The summed E-state index contributed by atoms with van der Waals surface area (Å²) >= 11 is 0. The van der Waals surface area contributed by atoms with Gasteiger partial charge in [0.05, 0.1) is 0 Å². The fourth-order valence-electron chi connectivity index (χ4n) is 1.79. The molecule has 1 aromatic heterocycles. The zero-order chi connectivity index (χ0) is 15.3. The van der Waals surface area contributed by atoms with Crippen LogP contribution >= 0.6 is 10.7 Å². The van der Waals surface area contributed by atoms with E-state index < -0.39 is 15.0 Å². The van der Waals surface area contributed by atoms with Crippen molar-refractivity contribution < 1.29 is 17.6 Å². The van der Waals surface area contributed by atoms with E-state index >= 15 is 0 Å². The Labute approximate surface area is 124 Å². The van der Waals surface area contributed by atoms with E-state index in [0.29, 0.717) is 12.5 Å². The molecule has 20 heavy (non-hydrogen) atoms. The molecule has 1 heterocycles. The minimum Gasteiger partial charge on any atom is -0.455 e. The van der Waals surface area contributed by atoms with E-state index in [2.05, 4.69) is 19.2 Å². The van der Waals surface area contributed by atoms with Crippen molar-refractivity contribution in [1.29, 1.82) is 0 Å². The smallest absolute Gasteiger partial charge is 0.287 e. The first-order valence-corrected chi connectivity index (χ1v) is 8.86. The van der Waals surface area contributed by atoms with Crippen LogP contribution in [0.2, 0.25) is 0 Å². The van der Waals surface area contributed by atoms with Crippen LogP contribution in [0.15, 0.2) is 15.4 Å². The van der Waals surface area contributed by atoms with Crippen LogP contribution < -0.4 is 5.32 Å². The molecule has 1 amide bonds. The van der Waals surface area contributed by atoms with E-state index in [1.165, 1.54) is 6.92 Å². The largest absolute Gasteiger partial charge is 0.455 e. The molecule has 1 rings (SSSR count). The van der Waals surface area contributed by atoms with Crippen molar-refractivity contribution in [3.8, 4) is 0 Å². The molecule has 0 aliphatic heterocycles. The molecule has 1 N–H and O–H groups in total. The van der Waals surface area contributed by atoms with Crippen molar-refractivity contribution in [2.75, 3.05) is 6.54 Å². The van der Waals surface area contributed by atoms with Gasteiger partial charge in [-0.1, -0.05) is 26.7 Å². The molecule has 0 atom stereocenters. The molecule has 0 aliphatic rings. The normalized spacial score (nSPS) is 11.8. The van der Waals surface area contributed by atoms with Gasteiger partial charge in [0.2, 0.25) is 0 Å². The second-order valence-electron chi connectivity index (χ2n) is 5.11. The summed E-state index contributed by atoms with van der Waals surface area (Å²) in [5.41, 5.74) is 0. The van der Waals surface area contributed by atoms with Crippen LogP contribution in [0, 0.1) is 12.8 Å². The average Bonchev–Trinajstić information content (AvgIpc) is 2.70. The van der Waals surface area contributed by atoms with Gasteiger partial charge in [0.15, 0.2) is 5.76 Å². The summed E-state index contributed by atoms with van der Waals surface area (Å²) in [6.45, 7) is 6.29. The molecule has 0 fully saturated rings. The Bertz CT molecular complexity index is 563. The number of nitrogens with one attached hydrogen (secondary N) is 1. The highest BCUT2D eigenvalue weighted by Crippen LogP contribution is 2.23. The van der Waals surface area contributed by atoms with E-state index in [-0.39, 0.29) is 16.4 Å². The van der Waals surface area contributed by atoms with Gasteiger partial charge in [-0.25, -0.2) is 8.42 Å². The van der Waals surface area contributed by atoms with Gasteiger partial charge >= 0.3 is 0 Å². The zero-order valence-electron chi connectivity index (χ0n) is 11.9. The number of hydrogen-bond donors (Lipinski definition) is 1. The first kappa shape index (κ1) is 17.0. The maximum absolute atomic E-state index is 11.8. The Morgan fingerprint density at radius 3 is 2.55 bits per heavy atom. The summed E-state index contributed by atoms with van der Waals surface area (Å²) < 4.78 is 27.6.